The number of sulfonamides is 1. The Morgan fingerprint density at radius 3 is 2.00 bits per heavy atom. The Morgan fingerprint density at radius 1 is 1.00 bits per heavy atom. The van der Waals surface area contributed by atoms with Crippen LogP contribution >= 0.6 is 11.6 Å². The number of benzene rings is 2. The molecule has 0 radical (unpaired) electrons. The first-order valence-corrected chi connectivity index (χ1v) is 11.5. The Bertz CT molecular complexity index is 1130. The van der Waals surface area contributed by atoms with Crippen LogP contribution in [0.4, 0.5) is 11.4 Å². The van der Waals surface area contributed by atoms with Gasteiger partial charge in [0.15, 0.2) is 0 Å². The van der Waals surface area contributed by atoms with Gasteiger partial charge in [-0.25, -0.2) is 18.0 Å². The third-order valence-electron chi connectivity index (χ3n) is 4.54. The molecule has 2 aromatic rings. The molecule has 0 saturated heterocycles. The minimum absolute atomic E-state index is 0.00371. The fourth-order valence-electron chi connectivity index (χ4n) is 3.02. The summed E-state index contributed by atoms with van der Waals surface area (Å²) >= 11 is 6.04. The van der Waals surface area contributed by atoms with E-state index in [1.807, 2.05) is 0 Å². The van der Waals surface area contributed by atoms with Crippen LogP contribution in [-0.2, 0) is 24.3 Å². The van der Waals surface area contributed by atoms with Crippen LogP contribution in [0.1, 0.15) is 33.2 Å². The monoisotopic (exact) mass is 482 g/mol. The highest BCUT2D eigenvalue weighted by Gasteiger charge is 2.30. The summed E-state index contributed by atoms with van der Waals surface area (Å²) in [6.45, 7) is 3.10. The van der Waals surface area contributed by atoms with Gasteiger partial charge in [0.1, 0.15) is 6.04 Å². The van der Waals surface area contributed by atoms with Crippen molar-refractivity contribution >= 4 is 50.8 Å². The smallest absolute Gasteiger partial charge is 0.337 e. The van der Waals surface area contributed by atoms with Gasteiger partial charge in [-0.3, -0.25) is 9.10 Å². The van der Waals surface area contributed by atoms with E-state index in [2.05, 4.69) is 14.8 Å². The number of hydrogen-bond donors (Lipinski definition) is 1. The van der Waals surface area contributed by atoms with Crippen LogP contribution in [0.5, 0.6) is 0 Å². The third-order valence-corrected chi connectivity index (χ3v) is 6.00. The van der Waals surface area contributed by atoms with Gasteiger partial charge in [0.25, 0.3) is 0 Å². The molecule has 2 aromatic carbocycles. The number of nitrogens with one attached hydrogen (secondary N) is 1. The molecular formula is C21H23ClN2O7S. The first kappa shape index (κ1) is 25.2. The lowest BCUT2D eigenvalue weighted by Gasteiger charge is -2.29. The average Bonchev–Trinajstić information content (AvgIpc) is 2.73. The Labute approximate surface area is 191 Å². The van der Waals surface area contributed by atoms with Gasteiger partial charge in [-0.2, -0.15) is 0 Å². The van der Waals surface area contributed by atoms with Crippen molar-refractivity contribution in [3.05, 3.63) is 58.1 Å². The standard InChI is InChI=1S/C21H23ClN2O7S/c1-12-6-7-16(22)11-18(12)24(32(5,28)29)13(2)19(25)23-17-9-14(20(26)30-3)8-15(10-17)21(27)31-4/h6-11,13H,1-5H3,(H,23,25)/t13-/m0/s1. The van der Waals surface area contributed by atoms with Gasteiger partial charge < -0.3 is 14.8 Å². The number of methoxy groups -OCH3 is 2. The number of aryl methyl sites for hydroxylation is 1. The summed E-state index contributed by atoms with van der Waals surface area (Å²) in [6.07, 6.45) is 0.977. The van der Waals surface area contributed by atoms with Gasteiger partial charge in [0.05, 0.1) is 37.3 Å². The molecule has 0 bridgehead atoms. The predicted molar refractivity (Wildman–Crippen MR) is 121 cm³/mol. The van der Waals surface area contributed by atoms with Crippen LogP contribution in [0.2, 0.25) is 5.02 Å². The summed E-state index contributed by atoms with van der Waals surface area (Å²) in [6, 6.07) is 7.38. The lowest BCUT2D eigenvalue weighted by molar-refractivity contribution is -0.116. The molecule has 9 nitrogen and oxygen atoms in total. The maximum absolute atomic E-state index is 13.0. The number of amides is 1. The normalized spacial score (nSPS) is 11.9. The predicted octanol–water partition coefficient (Wildman–Crippen LogP) is 3.01. The molecule has 0 aromatic heterocycles. The summed E-state index contributed by atoms with van der Waals surface area (Å²) < 4.78 is 35.4. The molecule has 11 heteroatoms. The molecule has 0 aliphatic rings. The molecule has 172 valence electrons. The Kier molecular flexibility index (Phi) is 7.87. The van der Waals surface area contributed by atoms with Crippen molar-refractivity contribution in [2.45, 2.75) is 19.9 Å². The average molecular weight is 483 g/mol. The van der Waals surface area contributed by atoms with Gasteiger partial charge in [0.2, 0.25) is 15.9 Å². The summed E-state index contributed by atoms with van der Waals surface area (Å²) in [5.41, 5.74) is 0.941. The number of esters is 2. The number of nitrogens with zero attached hydrogens (tertiary/aromatic N) is 1. The minimum atomic E-state index is -3.88. The Hall–Kier alpha value is -3.11. The van der Waals surface area contributed by atoms with Gasteiger partial charge in [-0.15, -0.1) is 0 Å². The van der Waals surface area contributed by atoms with Gasteiger partial charge in [-0.1, -0.05) is 17.7 Å². The topological polar surface area (TPSA) is 119 Å². The molecule has 1 atom stereocenters. The van der Waals surface area contributed by atoms with Crippen molar-refractivity contribution in [2.75, 3.05) is 30.1 Å². The molecule has 0 spiro atoms. The largest absolute Gasteiger partial charge is 0.465 e. The first-order valence-electron chi connectivity index (χ1n) is 9.27. The van der Waals surface area contributed by atoms with E-state index in [1.165, 1.54) is 45.4 Å². The molecule has 0 aliphatic heterocycles. The lowest BCUT2D eigenvalue weighted by atomic mass is 10.1. The molecule has 0 saturated carbocycles. The fourth-order valence-corrected chi connectivity index (χ4v) is 4.41. The summed E-state index contributed by atoms with van der Waals surface area (Å²) in [5.74, 6) is -2.16. The van der Waals surface area contributed by atoms with Crippen LogP contribution < -0.4 is 9.62 Å². The van der Waals surface area contributed by atoms with Crippen LogP contribution in [0.3, 0.4) is 0 Å². The van der Waals surface area contributed by atoms with Gasteiger partial charge in [-0.05, 0) is 49.7 Å². The van der Waals surface area contributed by atoms with Crippen molar-refractivity contribution in [2.24, 2.45) is 0 Å². The molecule has 0 unspecified atom stereocenters. The molecule has 0 fully saturated rings. The van der Waals surface area contributed by atoms with E-state index < -0.39 is 33.9 Å². The number of carbonyl (C=O) groups is 3. The molecule has 0 heterocycles. The SMILES string of the molecule is COC(=O)c1cc(NC(=O)[C@H](C)N(c2cc(Cl)ccc2C)S(C)(=O)=O)cc(C(=O)OC)c1. The lowest BCUT2D eigenvalue weighted by Crippen LogP contribution is -2.45. The van der Waals surface area contributed by atoms with Crippen molar-refractivity contribution in [1.29, 1.82) is 0 Å². The van der Waals surface area contributed by atoms with Crippen LogP contribution in [0, 0.1) is 6.92 Å². The summed E-state index contributed by atoms with van der Waals surface area (Å²) in [7, 11) is -1.54. The van der Waals surface area contributed by atoms with Crippen molar-refractivity contribution < 1.29 is 32.3 Å². The maximum Gasteiger partial charge on any atom is 0.337 e. The second-order valence-corrected chi connectivity index (χ2v) is 9.23. The zero-order valence-corrected chi connectivity index (χ0v) is 19.7. The van der Waals surface area contributed by atoms with E-state index >= 15 is 0 Å². The van der Waals surface area contributed by atoms with E-state index in [9.17, 15) is 22.8 Å². The highest BCUT2D eigenvalue weighted by Crippen LogP contribution is 2.29. The number of ether oxygens (including phenoxy) is 2. The van der Waals surface area contributed by atoms with Crippen molar-refractivity contribution in [3.63, 3.8) is 0 Å². The van der Waals surface area contributed by atoms with E-state index in [1.54, 1.807) is 19.1 Å². The second-order valence-electron chi connectivity index (χ2n) is 6.94. The Morgan fingerprint density at radius 2 is 1.53 bits per heavy atom. The maximum atomic E-state index is 13.0. The number of carbonyl (C=O) groups excluding carboxylic acids is 3. The number of hydrogen-bond acceptors (Lipinski definition) is 7. The van der Waals surface area contributed by atoms with E-state index in [4.69, 9.17) is 11.6 Å². The quantitative estimate of drug-likeness (QED) is 0.602. The highest BCUT2D eigenvalue weighted by molar-refractivity contribution is 7.92. The van der Waals surface area contributed by atoms with Crippen LogP contribution in [0.25, 0.3) is 0 Å². The van der Waals surface area contributed by atoms with E-state index in [-0.39, 0.29) is 22.5 Å². The molecule has 0 aliphatic carbocycles. The zero-order valence-electron chi connectivity index (χ0n) is 18.1. The molecule has 1 N–H and O–H groups in total. The van der Waals surface area contributed by atoms with Gasteiger partial charge >= 0.3 is 11.9 Å². The molecule has 1 amide bonds. The molecule has 32 heavy (non-hydrogen) atoms. The first-order chi connectivity index (χ1) is 14.9. The van der Waals surface area contributed by atoms with Gasteiger partial charge in [0, 0.05) is 10.7 Å². The molecular weight excluding hydrogens is 460 g/mol. The molecule has 2 rings (SSSR count). The van der Waals surface area contributed by atoms with Crippen LogP contribution in [0.15, 0.2) is 36.4 Å². The van der Waals surface area contributed by atoms with Crippen molar-refractivity contribution in [1.82, 2.24) is 0 Å². The second kappa shape index (κ2) is 10.0. The zero-order chi connectivity index (χ0) is 24.2. The summed E-state index contributed by atoms with van der Waals surface area (Å²) in [4.78, 5) is 36.9. The number of rotatable bonds is 7. The highest BCUT2D eigenvalue weighted by atomic mass is 35.5. The van der Waals surface area contributed by atoms with E-state index in [0.717, 1.165) is 10.6 Å². The van der Waals surface area contributed by atoms with Crippen molar-refractivity contribution in [3.8, 4) is 0 Å². The fraction of sp³-hybridized carbons (Fsp3) is 0.286. The Balaban J connectivity index is 2.46. The minimum Gasteiger partial charge on any atom is -0.465 e. The number of anilines is 2. The summed E-state index contributed by atoms with van der Waals surface area (Å²) in [5, 5.41) is 2.85. The number of halogens is 1. The third kappa shape index (κ3) is 5.77. The van der Waals surface area contributed by atoms with E-state index in [0.29, 0.717) is 10.6 Å². The van der Waals surface area contributed by atoms with Crippen LogP contribution in [-0.4, -0.2) is 52.8 Å².